The van der Waals surface area contributed by atoms with Crippen LogP contribution in [-0.2, 0) is 4.79 Å². The molecule has 194 valence electrons. The van der Waals surface area contributed by atoms with E-state index in [1.165, 1.54) is 36.7 Å². The second-order valence-electron chi connectivity index (χ2n) is 8.19. The molecule has 36 heavy (non-hydrogen) atoms. The van der Waals surface area contributed by atoms with Crippen molar-refractivity contribution in [2.45, 2.75) is 51.4 Å². The van der Waals surface area contributed by atoms with Crippen LogP contribution in [0.4, 0.5) is 22.7 Å². The number of nitrogens with zero attached hydrogens (tertiary/aromatic N) is 3. The maximum absolute atomic E-state index is 14.6. The molecular formula is C23H25F4N4O4S+. The van der Waals surface area contributed by atoms with Crippen LogP contribution >= 0.6 is 11.3 Å². The van der Waals surface area contributed by atoms with Crippen LogP contribution in [0.5, 0.6) is 11.5 Å². The van der Waals surface area contributed by atoms with Gasteiger partial charge in [0.1, 0.15) is 0 Å². The summed E-state index contributed by atoms with van der Waals surface area (Å²) in [7, 11) is 0. The van der Waals surface area contributed by atoms with Crippen LogP contribution in [0.1, 0.15) is 38.7 Å². The normalized spacial score (nSPS) is 20.9. The van der Waals surface area contributed by atoms with E-state index in [0.29, 0.717) is 15.8 Å². The molecule has 13 heteroatoms. The number of alkyl halides is 4. The zero-order chi connectivity index (χ0) is 26.3. The molecule has 2 unspecified atom stereocenters. The number of anilines is 1. The standard InChI is InChI=1S/C21H18F4N4O4S.C2H6/c1-11(28-7-4-20(22,23)13(10-28)12-2-5-29(31)6-3-12)18(30)27-19-26-14-8-15-16(9-17(14)34-19)33-21(24,25)32-15;1-2/h2-3,5-6,8-9,11,13H,4,7,10H2,1H3,(H-,26,27,30,31);1-2H3/p+1. The number of benzene rings is 1. The van der Waals surface area contributed by atoms with Gasteiger partial charge in [-0.2, -0.15) is 0 Å². The molecule has 1 fully saturated rings. The summed E-state index contributed by atoms with van der Waals surface area (Å²) in [5, 5.41) is 12.3. The average molecular weight is 530 g/mol. The highest BCUT2D eigenvalue weighted by Crippen LogP contribution is 2.45. The fourth-order valence-corrected chi connectivity index (χ4v) is 4.97. The Morgan fingerprint density at radius 2 is 1.86 bits per heavy atom. The molecule has 1 saturated heterocycles. The number of piperidine rings is 1. The maximum Gasteiger partial charge on any atom is 0.586 e. The van der Waals surface area contributed by atoms with Gasteiger partial charge in [-0.3, -0.25) is 14.9 Å². The fraction of sp³-hybridized carbons (Fsp3) is 0.435. The topological polar surface area (TPSA) is 87.8 Å². The molecule has 8 nitrogen and oxygen atoms in total. The van der Waals surface area contributed by atoms with Crippen molar-refractivity contribution in [1.29, 1.82) is 0 Å². The third kappa shape index (κ3) is 5.16. The summed E-state index contributed by atoms with van der Waals surface area (Å²) >= 11 is 1.07. The number of likely N-dealkylation sites (tertiary alicyclic amines) is 1. The molecule has 2 aliphatic rings. The molecule has 4 heterocycles. The van der Waals surface area contributed by atoms with Crippen LogP contribution in [0.3, 0.4) is 0 Å². The van der Waals surface area contributed by atoms with Gasteiger partial charge in [-0.25, -0.2) is 13.8 Å². The third-order valence-corrected chi connectivity index (χ3v) is 6.90. The number of pyridine rings is 1. The number of amides is 1. The van der Waals surface area contributed by atoms with E-state index in [0.717, 1.165) is 16.1 Å². The van der Waals surface area contributed by atoms with Crippen molar-refractivity contribution in [1.82, 2.24) is 9.88 Å². The minimum absolute atomic E-state index is 0.0281. The predicted octanol–water partition coefficient (Wildman–Crippen LogP) is 4.62. The van der Waals surface area contributed by atoms with Gasteiger partial charge in [0.2, 0.25) is 18.3 Å². The number of ether oxygens (including phenoxy) is 2. The lowest BCUT2D eigenvalue weighted by Crippen LogP contribution is -2.52. The van der Waals surface area contributed by atoms with Gasteiger partial charge in [-0.05, 0) is 12.5 Å². The zero-order valence-electron chi connectivity index (χ0n) is 19.7. The minimum atomic E-state index is -3.74. The molecule has 0 radical (unpaired) electrons. The molecule has 1 amide bonds. The number of rotatable bonds is 4. The smallest absolute Gasteiger partial charge is 0.395 e. The van der Waals surface area contributed by atoms with Crippen molar-refractivity contribution in [3.8, 4) is 11.5 Å². The van der Waals surface area contributed by atoms with E-state index < -0.39 is 36.5 Å². The molecule has 2 aromatic heterocycles. The highest BCUT2D eigenvalue weighted by atomic mass is 32.1. The molecule has 3 aromatic rings. The number of carbonyl (C=O) groups is 1. The number of nitrogens with one attached hydrogen (secondary N) is 1. The van der Waals surface area contributed by atoms with Gasteiger partial charge < -0.3 is 14.8 Å². The van der Waals surface area contributed by atoms with Crippen molar-refractivity contribution >= 4 is 32.6 Å². The lowest BCUT2D eigenvalue weighted by Gasteiger charge is -2.40. The van der Waals surface area contributed by atoms with Crippen LogP contribution in [0, 0.1) is 0 Å². The maximum atomic E-state index is 14.6. The van der Waals surface area contributed by atoms with E-state index in [1.807, 2.05) is 13.8 Å². The molecule has 2 aliphatic heterocycles. The summed E-state index contributed by atoms with van der Waals surface area (Å²) in [5.41, 5.74) is 0.706. The van der Waals surface area contributed by atoms with Crippen LogP contribution in [0.25, 0.3) is 10.2 Å². The zero-order valence-corrected chi connectivity index (χ0v) is 20.5. The first-order chi connectivity index (χ1) is 17.0. The van der Waals surface area contributed by atoms with Gasteiger partial charge >= 0.3 is 6.29 Å². The number of hydrogen-bond acceptors (Lipinski definition) is 7. The number of carbonyl (C=O) groups excluding carboxylic acids is 1. The second-order valence-corrected chi connectivity index (χ2v) is 9.22. The van der Waals surface area contributed by atoms with Gasteiger partial charge in [0, 0.05) is 48.5 Å². The van der Waals surface area contributed by atoms with Crippen molar-refractivity contribution in [2.24, 2.45) is 0 Å². The molecule has 2 N–H and O–H groups in total. The Hall–Kier alpha value is -3.19. The van der Waals surface area contributed by atoms with Crippen LogP contribution in [-0.4, -0.2) is 52.3 Å². The van der Waals surface area contributed by atoms with E-state index in [-0.39, 0.29) is 29.7 Å². The van der Waals surface area contributed by atoms with Gasteiger partial charge in [-0.1, -0.05) is 25.2 Å². The number of thiazole rings is 1. The molecule has 1 aromatic carbocycles. The highest BCUT2D eigenvalue weighted by molar-refractivity contribution is 7.22. The predicted molar refractivity (Wildman–Crippen MR) is 123 cm³/mol. The third-order valence-electron chi connectivity index (χ3n) is 5.97. The Balaban J connectivity index is 0.00000148. The van der Waals surface area contributed by atoms with Crippen LogP contribution in [0.15, 0.2) is 36.7 Å². The first kappa shape index (κ1) is 25.9. The summed E-state index contributed by atoms with van der Waals surface area (Å²) < 4.78 is 65.9. The highest BCUT2D eigenvalue weighted by Gasteiger charge is 2.47. The minimum Gasteiger partial charge on any atom is -0.395 e. The van der Waals surface area contributed by atoms with E-state index in [9.17, 15) is 27.6 Å². The fourth-order valence-electron chi connectivity index (χ4n) is 4.09. The summed E-state index contributed by atoms with van der Waals surface area (Å²) in [6.45, 7) is 5.60. The van der Waals surface area contributed by atoms with E-state index >= 15 is 0 Å². The Morgan fingerprint density at radius 3 is 2.53 bits per heavy atom. The van der Waals surface area contributed by atoms with Gasteiger partial charge in [0.25, 0.3) is 5.92 Å². The summed E-state index contributed by atoms with van der Waals surface area (Å²) in [5.74, 6) is -4.80. The summed E-state index contributed by atoms with van der Waals surface area (Å²) in [6, 6.07) is 4.78. The molecule has 0 bridgehead atoms. The molecule has 5 rings (SSSR count). The first-order valence-corrected chi connectivity index (χ1v) is 12.2. The number of halogens is 4. The Labute approximate surface area is 208 Å². The SMILES string of the molecule is CC.CC(C(=O)Nc1nc2cc3c(cc2s1)OC(F)(F)O3)N1CCC(F)(F)C(c2cc[n+](O)cc2)C1. The lowest BCUT2D eigenvalue weighted by atomic mass is 9.87. The molecular weight excluding hydrogens is 504 g/mol. The molecule has 0 aliphatic carbocycles. The van der Waals surface area contributed by atoms with Crippen LogP contribution < -0.4 is 19.5 Å². The summed E-state index contributed by atoms with van der Waals surface area (Å²) in [6.07, 6.45) is -1.59. The summed E-state index contributed by atoms with van der Waals surface area (Å²) in [4.78, 5) is 18.8. The molecule has 0 saturated carbocycles. The first-order valence-electron chi connectivity index (χ1n) is 11.3. The number of hydrogen-bond donors (Lipinski definition) is 2. The Bertz CT molecular complexity index is 1210. The van der Waals surface area contributed by atoms with E-state index in [1.54, 1.807) is 11.8 Å². The van der Waals surface area contributed by atoms with Crippen LogP contribution in [0.2, 0.25) is 0 Å². The van der Waals surface area contributed by atoms with E-state index in [2.05, 4.69) is 19.8 Å². The largest absolute Gasteiger partial charge is 0.586 e. The Kier molecular flexibility index (Phi) is 6.97. The number of fused-ring (bicyclic) bond motifs is 2. The Morgan fingerprint density at radius 1 is 1.22 bits per heavy atom. The molecule has 2 atom stereocenters. The second kappa shape index (κ2) is 9.69. The van der Waals surface area contributed by atoms with Crippen molar-refractivity contribution < 1.29 is 41.8 Å². The molecule has 0 spiro atoms. The number of aromatic nitrogens is 2. The lowest BCUT2D eigenvalue weighted by molar-refractivity contribution is -0.904. The van der Waals surface area contributed by atoms with Crippen molar-refractivity contribution in [3.63, 3.8) is 0 Å². The van der Waals surface area contributed by atoms with Crippen molar-refractivity contribution in [2.75, 3.05) is 18.4 Å². The van der Waals surface area contributed by atoms with Gasteiger partial charge in [0.05, 0.1) is 22.2 Å². The quantitative estimate of drug-likeness (QED) is 0.291. The monoisotopic (exact) mass is 529 g/mol. The van der Waals surface area contributed by atoms with Gasteiger partial charge in [0.15, 0.2) is 16.6 Å². The van der Waals surface area contributed by atoms with E-state index in [4.69, 9.17) is 0 Å². The van der Waals surface area contributed by atoms with Gasteiger partial charge in [-0.15, -0.1) is 8.78 Å². The van der Waals surface area contributed by atoms with Crippen molar-refractivity contribution in [3.05, 3.63) is 42.2 Å². The average Bonchev–Trinajstić information content (AvgIpc) is 3.35.